The van der Waals surface area contributed by atoms with Crippen LogP contribution in [0, 0.1) is 22.7 Å². The number of nitrogens with one attached hydrogen (secondary N) is 5. The van der Waals surface area contributed by atoms with Gasteiger partial charge in [-0.3, -0.25) is 33.6 Å². The third kappa shape index (κ3) is 11.4. The van der Waals surface area contributed by atoms with Gasteiger partial charge >= 0.3 is 6.18 Å². The zero-order valence-corrected chi connectivity index (χ0v) is 42.4. The fourth-order valence-corrected chi connectivity index (χ4v) is 11.3. The van der Waals surface area contributed by atoms with Gasteiger partial charge in [-0.2, -0.15) is 18.3 Å². The molecular formula is C49H69ClF4N10O7. The molecule has 392 valence electrons. The molecule has 3 heterocycles. The first-order chi connectivity index (χ1) is 33.3. The molecule has 2 saturated heterocycles. The summed E-state index contributed by atoms with van der Waals surface area (Å²) in [6, 6.07) is -1.38. The molecule has 1 spiro atoms. The number of nitrogens with zero attached hydrogens (tertiary/aromatic N) is 5. The molecule has 3 aliphatic heterocycles. The van der Waals surface area contributed by atoms with Gasteiger partial charge < -0.3 is 36.0 Å². The highest BCUT2D eigenvalue weighted by atomic mass is 35.5. The average molecular weight is 1020 g/mol. The van der Waals surface area contributed by atoms with E-state index in [1.54, 1.807) is 44.2 Å². The van der Waals surface area contributed by atoms with Gasteiger partial charge in [-0.15, -0.1) is 0 Å². The van der Waals surface area contributed by atoms with Crippen LogP contribution in [0.25, 0.3) is 0 Å². The second kappa shape index (κ2) is 20.8. The maximum atomic E-state index is 15.1. The predicted octanol–water partition coefficient (Wildman–Crippen LogP) is 3.76. The molecular weight excluding hydrogens is 952 g/mol. The summed E-state index contributed by atoms with van der Waals surface area (Å²) in [5, 5.41) is 17.7. The molecule has 71 heavy (non-hydrogen) atoms. The monoisotopic (exact) mass is 1020 g/mol. The third-order valence-corrected chi connectivity index (χ3v) is 15.7. The largest absolute Gasteiger partial charge is 0.403 e. The predicted molar refractivity (Wildman–Crippen MR) is 255 cm³/mol. The molecule has 0 aromatic heterocycles. The number of likely N-dealkylation sites (tertiary alicyclic amines) is 1. The number of halogens is 5. The van der Waals surface area contributed by atoms with Gasteiger partial charge in [0.15, 0.2) is 0 Å². The number of hydrazine groups is 1. The maximum Gasteiger partial charge on any atom is 0.403 e. The Labute approximate surface area is 417 Å². The molecule has 1 aromatic carbocycles. The van der Waals surface area contributed by atoms with Crippen LogP contribution in [0.3, 0.4) is 0 Å². The van der Waals surface area contributed by atoms with E-state index in [2.05, 4.69) is 31.8 Å². The Morgan fingerprint density at radius 3 is 2.28 bits per heavy atom. The summed E-state index contributed by atoms with van der Waals surface area (Å²) in [6.07, 6.45) is -4.35. The van der Waals surface area contributed by atoms with E-state index in [-0.39, 0.29) is 31.7 Å². The van der Waals surface area contributed by atoms with E-state index in [0.717, 1.165) is 6.42 Å². The summed E-state index contributed by atoms with van der Waals surface area (Å²) in [7, 11) is 4.56. The molecule has 17 nitrogen and oxygen atoms in total. The summed E-state index contributed by atoms with van der Waals surface area (Å²) in [5.74, 6) is -6.01. The van der Waals surface area contributed by atoms with Gasteiger partial charge in [0.05, 0.1) is 18.8 Å². The zero-order valence-electron chi connectivity index (χ0n) is 41.6. The van der Waals surface area contributed by atoms with Crippen LogP contribution in [0.1, 0.15) is 116 Å². The normalized spacial score (nSPS) is 27.5. The number of likely N-dealkylation sites (N-methyl/N-ethyl adjacent to an activating group) is 2. The van der Waals surface area contributed by atoms with Gasteiger partial charge in [0.2, 0.25) is 41.4 Å². The SMILES string of the molecule is CC(C)C[C@@H]1NC(=O)[C@@H](N(C)C(=O)[C@@H](NC(=O)[C@@H]2C[C@@H](F)CN2C(=O)C2(C(F)(F)F)CC3(CCC3)C2)C2CC2)CCCCNC(=O)C(C)(C)NC(=O)[C@H](Cc2cc(Cl)ccc2C2=NN(C)NC2)N(C)C1=O. The van der Waals surface area contributed by atoms with Gasteiger partial charge in [0.25, 0.3) is 0 Å². The number of hydrogen-bond acceptors (Lipinski definition) is 10. The molecule has 3 aliphatic carbocycles. The Bertz CT molecular complexity index is 2280. The fraction of sp³-hybridized carbons (Fsp3) is 0.714. The summed E-state index contributed by atoms with van der Waals surface area (Å²) in [4.78, 5) is 103. The van der Waals surface area contributed by atoms with Gasteiger partial charge in [-0.1, -0.05) is 37.9 Å². The molecule has 6 atom stereocenters. The zero-order chi connectivity index (χ0) is 52.0. The molecule has 22 heteroatoms. The number of carbonyl (C=O) groups is 7. The standard InChI is InChI=1S/C49H69ClF4N10O7/c1-27(2)19-33-42(68)62(6)36(21-29-20-30(50)14-15-32(29)34-23-56-63(7)60-34)41(67)59-46(3,4)44(70)55-18-9-8-11-35(39(65)57-33)61(5)43(69)38(28-12-13-28)58-40(66)37-22-31(51)24-64(37)45(71)48(49(52,53)54)25-47(26-48)16-10-17-47/h14-15,20,27-28,31,33,35-38,56H,8-13,16-19,21-26H2,1-7H3,(H,55,70)(H,57,65)(H,58,66)(H,59,67)/t31-,33+,35+,36+,37+,38+/m1/s1. The molecule has 0 unspecified atom stereocenters. The Morgan fingerprint density at radius 2 is 1.69 bits per heavy atom. The van der Waals surface area contributed by atoms with Crippen molar-refractivity contribution in [2.45, 2.75) is 159 Å². The van der Waals surface area contributed by atoms with Crippen molar-refractivity contribution in [1.82, 2.24) is 46.5 Å². The van der Waals surface area contributed by atoms with Crippen LogP contribution in [0.4, 0.5) is 17.6 Å². The fourth-order valence-electron chi connectivity index (χ4n) is 11.1. The van der Waals surface area contributed by atoms with Crippen LogP contribution >= 0.6 is 11.6 Å². The number of amides is 7. The smallest absolute Gasteiger partial charge is 0.354 e. The molecule has 7 rings (SSSR count). The number of carbonyl (C=O) groups excluding carboxylic acids is 7. The number of rotatable bonds is 11. The van der Waals surface area contributed by atoms with Crippen LogP contribution in [-0.2, 0) is 40.0 Å². The van der Waals surface area contributed by atoms with Gasteiger partial charge in [0, 0.05) is 51.1 Å². The quantitative estimate of drug-likeness (QED) is 0.205. The van der Waals surface area contributed by atoms with Crippen LogP contribution in [0.15, 0.2) is 23.3 Å². The number of hydrazone groups is 1. The van der Waals surface area contributed by atoms with Crippen molar-refractivity contribution < 1.29 is 51.1 Å². The highest BCUT2D eigenvalue weighted by molar-refractivity contribution is 6.30. The molecule has 5 fully saturated rings. The second-order valence-corrected chi connectivity index (χ2v) is 22.3. The van der Waals surface area contributed by atoms with Crippen molar-refractivity contribution in [1.29, 1.82) is 0 Å². The van der Waals surface area contributed by atoms with E-state index in [1.807, 2.05) is 13.8 Å². The second-order valence-electron chi connectivity index (χ2n) is 21.8. The van der Waals surface area contributed by atoms with E-state index in [0.29, 0.717) is 71.8 Å². The Balaban J connectivity index is 1.14. The number of hydrogen-bond donors (Lipinski definition) is 5. The first-order valence-electron chi connectivity index (χ1n) is 24.9. The molecule has 3 saturated carbocycles. The minimum absolute atomic E-state index is 0.0530. The van der Waals surface area contributed by atoms with Crippen molar-refractivity contribution >= 4 is 58.7 Å². The van der Waals surface area contributed by atoms with Crippen LogP contribution in [0.5, 0.6) is 0 Å². The number of benzene rings is 1. The minimum atomic E-state index is -4.91. The Kier molecular flexibility index (Phi) is 15.8. The van der Waals surface area contributed by atoms with Crippen LogP contribution < -0.4 is 26.7 Å². The molecule has 1 aromatic rings. The summed E-state index contributed by atoms with van der Waals surface area (Å²) in [6.45, 7) is 6.64. The van der Waals surface area contributed by atoms with E-state index in [4.69, 9.17) is 11.6 Å². The maximum absolute atomic E-state index is 15.1. The Hall–Kier alpha value is -5.05. The third-order valence-electron chi connectivity index (χ3n) is 15.5. The lowest BCUT2D eigenvalue weighted by Gasteiger charge is -2.60. The van der Waals surface area contributed by atoms with Gasteiger partial charge in [-0.05, 0) is 113 Å². The molecule has 6 aliphatic rings. The van der Waals surface area contributed by atoms with Crippen LogP contribution in [-0.4, -0.2) is 156 Å². The van der Waals surface area contributed by atoms with Gasteiger partial charge in [-0.25, -0.2) is 14.9 Å². The summed E-state index contributed by atoms with van der Waals surface area (Å²) < 4.78 is 59.3. The summed E-state index contributed by atoms with van der Waals surface area (Å²) in [5.41, 5.74) is 0.294. The minimum Gasteiger partial charge on any atom is -0.354 e. The van der Waals surface area contributed by atoms with Gasteiger partial charge in [0.1, 0.15) is 47.3 Å². The van der Waals surface area contributed by atoms with Crippen molar-refractivity contribution in [3.8, 4) is 0 Å². The van der Waals surface area contributed by atoms with Crippen molar-refractivity contribution in [2.24, 2.45) is 27.8 Å². The molecule has 0 radical (unpaired) electrons. The van der Waals surface area contributed by atoms with E-state index in [9.17, 15) is 46.7 Å². The van der Waals surface area contributed by atoms with Crippen molar-refractivity contribution in [2.75, 3.05) is 40.8 Å². The van der Waals surface area contributed by atoms with E-state index < -0.39 is 132 Å². The van der Waals surface area contributed by atoms with Crippen molar-refractivity contribution in [3.05, 3.63) is 34.3 Å². The lowest BCUT2D eigenvalue weighted by atomic mass is 9.44. The average Bonchev–Trinajstić information content (AvgIpc) is 3.89. The molecule has 7 amide bonds. The first-order valence-corrected chi connectivity index (χ1v) is 25.2. The van der Waals surface area contributed by atoms with Crippen molar-refractivity contribution in [3.63, 3.8) is 0 Å². The Morgan fingerprint density at radius 1 is 1.00 bits per heavy atom. The van der Waals surface area contributed by atoms with E-state index >= 15 is 4.39 Å². The first kappa shape index (κ1) is 53.7. The highest BCUT2D eigenvalue weighted by Gasteiger charge is 2.74. The van der Waals surface area contributed by atoms with Crippen LogP contribution in [0.2, 0.25) is 5.02 Å². The highest BCUT2D eigenvalue weighted by Crippen LogP contribution is 2.69. The molecule has 0 bridgehead atoms. The lowest BCUT2D eigenvalue weighted by Crippen LogP contribution is -2.66. The summed E-state index contributed by atoms with van der Waals surface area (Å²) >= 11 is 6.51. The lowest BCUT2D eigenvalue weighted by molar-refractivity contribution is -0.285. The number of alkyl halides is 4. The topological polar surface area (TPSA) is 205 Å². The van der Waals surface area contributed by atoms with E-state index in [1.165, 1.54) is 23.9 Å². The molecule has 5 N–H and O–H groups in total.